The first-order chi connectivity index (χ1) is 17.7. The van der Waals surface area contributed by atoms with Gasteiger partial charge in [-0.1, -0.05) is 96.3 Å². The average Bonchev–Trinajstić information content (AvgIpc) is 2.98. The Bertz CT molecular complexity index is 1510. The van der Waals surface area contributed by atoms with E-state index in [0.717, 1.165) is 37.9 Å². The molecule has 0 aliphatic rings. The molecule has 0 fully saturated rings. The van der Waals surface area contributed by atoms with Crippen LogP contribution in [0.3, 0.4) is 0 Å². The van der Waals surface area contributed by atoms with Gasteiger partial charge >= 0.3 is 0 Å². The maximum absolute atomic E-state index is 14.2. The smallest absolute Gasteiger partial charge is 0.147 e. The number of fused-ring (bicyclic) bond motifs is 1. The van der Waals surface area contributed by atoms with Crippen molar-refractivity contribution >= 4 is 33.8 Å². The second kappa shape index (κ2) is 12.6. The van der Waals surface area contributed by atoms with E-state index in [0.29, 0.717) is 0 Å². The summed E-state index contributed by atoms with van der Waals surface area (Å²) in [6.07, 6.45) is 1.79. The van der Waals surface area contributed by atoms with Crippen LogP contribution in [0.25, 0.3) is 22.0 Å². The van der Waals surface area contributed by atoms with E-state index in [2.05, 4.69) is 17.1 Å². The van der Waals surface area contributed by atoms with E-state index in [-0.39, 0.29) is 20.1 Å². The Labute approximate surface area is 231 Å². The van der Waals surface area contributed by atoms with E-state index in [1.54, 1.807) is 6.20 Å². The van der Waals surface area contributed by atoms with Crippen molar-refractivity contribution < 1.29 is 24.7 Å². The average molecular weight is 674 g/mol. The van der Waals surface area contributed by atoms with Crippen molar-refractivity contribution in [2.75, 3.05) is 0 Å². The molecular weight excluding hydrogens is 650 g/mol. The van der Waals surface area contributed by atoms with Gasteiger partial charge in [0.05, 0.1) is 0 Å². The van der Waals surface area contributed by atoms with Crippen LogP contribution in [-0.2, 0) is 24.7 Å². The molecule has 0 bridgehead atoms. The van der Waals surface area contributed by atoms with Crippen molar-refractivity contribution in [3.05, 3.63) is 158 Å². The SMILES string of the molecule is O=P(c1[c-]cc2ccccc2c1)(c1ccccc1)c1ccccc1.[Ir].[c-]1ccccc1-c1ccccn1. The molecule has 6 rings (SSSR count). The quantitative estimate of drug-likeness (QED) is 0.152. The van der Waals surface area contributed by atoms with Crippen molar-refractivity contribution in [1.29, 1.82) is 0 Å². The first-order valence-corrected chi connectivity index (χ1v) is 13.5. The van der Waals surface area contributed by atoms with Crippen LogP contribution in [0.5, 0.6) is 0 Å². The number of nitrogens with zero attached hydrogens (tertiary/aromatic N) is 1. The topological polar surface area (TPSA) is 30.0 Å². The molecule has 5 aromatic carbocycles. The molecule has 0 spiro atoms. The number of benzene rings is 5. The van der Waals surface area contributed by atoms with Crippen LogP contribution in [0, 0.1) is 12.1 Å². The molecule has 0 saturated heterocycles. The molecule has 0 aliphatic heterocycles. The van der Waals surface area contributed by atoms with Gasteiger partial charge in [-0.15, -0.1) is 52.7 Å². The first kappa shape index (κ1) is 26.5. The predicted octanol–water partition coefficient (Wildman–Crippen LogP) is 6.83. The second-order valence-electron chi connectivity index (χ2n) is 8.22. The number of aromatic nitrogens is 1. The predicted molar refractivity (Wildman–Crippen MR) is 151 cm³/mol. The van der Waals surface area contributed by atoms with Gasteiger partial charge in [0.2, 0.25) is 0 Å². The zero-order chi connectivity index (χ0) is 24.6. The van der Waals surface area contributed by atoms with E-state index in [9.17, 15) is 4.57 Å². The van der Waals surface area contributed by atoms with E-state index in [1.807, 2.05) is 140 Å². The van der Waals surface area contributed by atoms with Crippen LogP contribution < -0.4 is 15.9 Å². The summed E-state index contributed by atoms with van der Waals surface area (Å²) in [6.45, 7) is 0. The second-order valence-corrected chi connectivity index (χ2v) is 11.0. The molecule has 183 valence electrons. The van der Waals surface area contributed by atoms with Crippen LogP contribution in [0.2, 0.25) is 0 Å². The molecule has 0 unspecified atom stereocenters. The summed E-state index contributed by atoms with van der Waals surface area (Å²) in [5, 5.41) is 4.61. The van der Waals surface area contributed by atoms with Gasteiger partial charge in [-0.3, -0.25) is 0 Å². The Morgan fingerprint density at radius 1 is 0.595 bits per heavy atom. The fraction of sp³-hybridized carbons (Fsp3) is 0. The Kier molecular flexibility index (Phi) is 8.99. The molecule has 1 aromatic heterocycles. The van der Waals surface area contributed by atoms with Crippen molar-refractivity contribution in [2.24, 2.45) is 0 Å². The Hall–Kier alpha value is -3.61. The molecule has 0 saturated carbocycles. The minimum atomic E-state index is -2.94. The molecule has 0 N–H and O–H groups in total. The zero-order valence-corrected chi connectivity index (χ0v) is 23.3. The van der Waals surface area contributed by atoms with Crippen LogP contribution in [0.15, 0.2) is 146 Å². The minimum Gasteiger partial charge on any atom is -0.311 e. The summed E-state index contributed by atoms with van der Waals surface area (Å²) in [5.41, 5.74) is 2.01. The van der Waals surface area contributed by atoms with Gasteiger partial charge in [-0.2, -0.15) is 18.2 Å². The third kappa shape index (κ3) is 6.04. The molecule has 37 heavy (non-hydrogen) atoms. The van der Waals surface area contributed by atoms with Crippen molar-refractivity contribution in [2.45, 2.75) is 0 Å². The molecule has 6 aromatic rings. The summed E-state index contributed by atoms with van der Waals surface area (Å²) in [6, 6.07) is 51.6. The fourth-order valence-corrected chi connectivity index (χ4v) is 6.68. The molecule has 2 nitrogen and oxygen atoms in total. The molecule has 1 heterocycles. The van der Waals surface area contributed by atoms with E-state index in [1.165, 1.54) is 0 Å². The zero-order valence-electron chi connectivity index (χ0n) is 20.0. The molecule has 0 amide bonds. The van der Waals surface area contributed by atoms with E-state index < -0.39 is 7.14 Å². The standard InChI is InChI=1S/C22H16OP.C11H8N.Ir/c23-24(20-11-3-1-4-12-20,21-13-5-2-6-14-21)22-16-15-18-9-7-8-10-19(18)17-22;1-2-6-10(7-3-1)11-8-4-5-9-12-11;/h1-15,17H;1-6,8-9H;/q2*-1;. The maximum Gasteiger partial charge on any atom is 0.147 e. The van der Waals surface area contributed by atoms with Gasteiger partial charge in [-0.05, 0) is 11.8 Å². The third-order valence-electron chi connectivity index (χ3n) is 5.89. The summed E-state index contributed by atoms with van der Waals surface area (Å²) in [4.78, 5) is 4.22. The summed E-state index contributed by atoms with van der Waals surface area (Å²) in [7, 11) is -2.94. The van der Waals surface area contributed by atoms with Crippen LogP contribution in [0.1, 0.15) is 0 Å². The largest absolute Gasteiger partial charge is 0.311 e. The van der Waals surface area contributed by atoms with Gasteiger partial charge in [0.25, 0.3) is 0 Å². The third-order valence-corrected chi connectivity index (χ3v) is 8.88. The van der Waals surface area contributed by atoms with Gasteiger partial charge in [0.15, 0.2) is 0 Å². The normalized spacial score (nSPS) is 10.6. The molecule has 0 atom stereocenters. The van der Waals surface area contributed by atoms with Gasteiger partial charge in [0.1, 0.15) is 7.14 Å². The van der Waals surface area contributed by atoms with Crippen molar-refractivity contribution in [3.8, 4) is 11.3 Å². The van der Waals surface area contributed by atoms with E-state index in [4.69, 9.17) is 0 Å². The van der Waals surface area contributed by atoms with Crippen LogP contribution in [0.4, 0.5) is 0 Å². The van der Waals surface area contributed by atoms with Crippen LogP contribution in [-0.4, -0.2) is 4.98 Å². The van der Waals surface area contributed by atoms with E-state index >= 15 is 0 Å². The number of rotatable bonds is 4. The minimum absolute atomic E-state index is 0. The monoisotopic (exact) mass is 674 g/mol. The number of pyridine rings is 1. The van der Waals surface area contributed by atoms with Gasteiger partial charge in [0, 0.05) is 36.9 Å². The molecule has 1 radical (unpaired) electrons. The summed E-state index contributed by atoms with van der Waals surface area (Å²) < 4.78 is 14.2. The molecule has 4 heteroatoms. The first-order valence-electron chi connectivity index (χ1n) is 11.8. The van der Waals surface area contributed by atoms with Crippen molar-refractivity contribution in [1.82, 2.24) is 4.98 Å². The van der Waals surface area contributed by atoms with Gasteiger partial charge in [-0.25, -0.2) is 0 Å². The fourth-order valence-electron chi connectivity index (χ4n) is 4.07. The number of hydrogen-bond acceptors (Lipinski definition) is 2. The Morgan fingerprint density at radius 2 is 1.19 bits per heavy atom. The maximum atomic E-state index is 14.2. The van der Waals surface area contributed by atoms with Crippen molar-refractivity contribution in [3.63, 3.8) is 0 Å². The molecule has 0 aliphatic carbocycles. The summed E-state index contributed by atoms with van der Waals surface area (Å²) >= 11 is 0. The van der Waals surface area contributed by atoms with Gasteiger partial charge < -0.3 is 9.55 Å². The molecular formula is C33H24IrNOP-2. The summed E-state index contributed by atoms with van der Waals surface area (Å²) in [5.74, 6) is 0. The van der Waals surface area contributed by atoms with Crippen LogP contribution >= 0.6 is 7.14 Å². The Morgan fingerprint density at radius 3 is 1.78 bits per heavy atom. The Balaban J connectivity index is 0.000000208. The number of hydrogen-bond donors (Lipinski definition) is 0.